The lowest BCUT2D eigenvalue weighted by Gasteiger charge is -2.06. The third kappa shape index (κ3) is 2.86. The van der Waals surface area contributed by atoms with Crippen LogP contribution >= 0.6 is 0 Å². The Kier molecular flexibility index (Phi) is 3.91. The number of nitrogens with one attached hydrogen (secondary N) is 1. The molecule has 0 atom stereocenters. The standard InChI is InChI=1S/C9H14N4O4/c1-2-17-5(14)3-4-13-8(15)6(10)7(11)12-9(13)16/h2-4,10-11H2,1H3,(H,12,16). The number of aromatic nitrogens is 2. The summed E-state index contributed by atoms with van der Waals surface area (Å²) in [6.07, 6.45) is -0.0832. The van der Waals surface area contributed by atoms with Crippen LogP contribution in [0.25, 0.3) is 0 Å². The summed E-state index contributed by atoms with van der Waals surface area (Å²) in [5.74, 6) is -0.665. The van der Waals surface area contributed by atoms with Crippen molar-refractivity contribution in [2.45, 2.75) is 19.9 Å². The van der Waals surface area contributed by atoms with Crippen LogP contribution in [-0.4, -0.2) is 22.1 Å². The fourth-order valence-electron chi connectivity index (χ4n) is 1.24. The lowest BCUT2D eigenvalue weighted by Crippen LogP contribution is -2.38. The number of ether oxygens (including phenoxy) is 1. The zero-order valence-corrected chi connectivity index (χ0v) is 9.36. The van der Waals surface area contributed by atoms with Crippen molar-refractivity contribution in [3.63, 3.8) is 0 Å². The van der Waals surface area contributed by atoms with Gasteiger partial charge >= 0.3 is 11.7 Å². The van der Waals surface area contributed by atoms with Crippen molar-refractivity contribution >= 4 is 17.5 Å². The second-order valence-electron chi connectivity index (χ2n) is 3.27. The minimum atomic E-state index is -0.712. The van der Waals surface area contributed by atoms with Crippen LogP contribution in [0.4, 0.5) is 11.5 Å². The number of nitrogens with zero attached hydrogens (tertiary/aromatic N) is 1. The summed E-state index contributed by atoms with van der Waals surface area (Å²) in [5, 5.41) is 0. The van der Waals surface area contributed by atoms with E-state index in [4.69, 9.17) is 11.5 Å². The Hall–Kier alpha value is -2.25. The fourth-order valence-corrected chi connectivity index (χ4v) is 1.24. The molecule has 0 aliphatic heterocycles. The molecule has 0 aromatic carbocycles. The third-order valence-electron chi connectivity index (χ3n) is 2.10. The van der Waals surface area contributed by atoms with Crippen molar-refractivity contribution in [2.24, 2.45) is 0 Å². The summed E-state index contributed by atoms with van der Waals surface area (Å²) in [5.41, 5.74) is 9.02. The molecule has 0 aliphatic rings. The minimum absolute atomic E-state index is 0.0832. The van der Waals surface area contributed by atoms with E-state index >= 15 is 0 Å². The summed E-state index contributed by atoms with van der Waals surface area (Å²) < 4.78 is 5.48. The van der Waals surface area contributed by atoms with Crippen molar-refractivity contribution in [1.82, 2.24) is 9.55 Å². The van der Waals surface area contributed by atoms with Crippen molar-refractivity contribution in [3.05, 3.63) is 20.8 Å². The van der Waals surface area contributed by atoms with Crippen molar-refractivity contribution in [1.29, 1.82) is 0 Å². The molecule has 1 rings (SSSR count). The topological polar surface area (TPSA) is 133 Å². The lowest BCUT2D eigenvalue weighted by molar-refractivity contribution is -0.143. The van der Waals surface area contributed by atoms with Gasteiger partial charge in [0.05, 0.1) is 13.0 Å². The van der Waals surface area contributed by atoms with Crippen LogP contribution in [0.5, 0.6) is 0 Å². The number of hydrogen-bond acceptors (Lipinski definition) is 6. The number of nitrogens with two attached hydrogens (primary N) is 2. The molecule has 0 fully saturated rings. The number of nitrogen functional groups attached to an aromatic ring is 2. The summed E-state index contributed by atoms with van der Waals surface area (Å²) in [4.78, 5) is 36.3. The number of carbonyl (C=O) groups excluding carboxylic acids is 1. The fraction of sp³-hybridized carbons (Fsp3) is 0.444. The van der Waals surface area contributed by atoms with E-state index in [-0.39, 0.29) is 31.1 Å². The highest BCUT2D eigenvalue weighted by molar-refractivity contribution is 5.69. The Morgan fingerprint density at radius 3 is 2.65 bits per heavy atom. The molecule has 0 saturated heterocycles. The molecule has 5 N–H and O–H groups in total. The lowest BCUT2D eigenvalue weighted by atomic mass is 10.4. The number of hydrogen-bond donors (Lipinski definition) is 3. The monoisotopic (exact) mass is 242 g/mol. The molecule has 0 amide bonds. The zero-order valence-electron chi connectivity index (χ0n) is 9.36. The summed E-state index contributed by atoms with van der Waals surface area (Å²) in [6, 6.07) is 0. The number of rotatable bonds is 4. The predicted octanol–water partition coefficient (Wildman–Crippen LogP) is -1.35. The largest absolute Gasteiger partial charge is 0.466 e. The van der Waals surface area contributed by atoms with Gasteiger partial charge in [0.2, 0.25) is 0 Å². The molecular weight excluding hydrogens is 228 g/mol. The van der Waals surface area contributed by atoms with Gasteiger partial charge < -0.3 is 16.2 Å². The van der Waals surface area contributed by atoms with Crippen LogP contribution in [0.2, 0.25) is 0 Å². The molecule has 0 spiro atoms. The van der Waals surface area contributed by atoms with Crippen LogP contribution in [0.1, 0.15) is 13.3 Å². The number of anilines is 2. The maximum absolute atomic E-state index is 11.6. The average Bonchev–Trinajstić information content (AvgIpc) is 2.26. The summed E-state index contributed by atoms with van der Waals surface area (Å²) in [6.45, 7) is 1.81. The Balaban J connectivity index is 2.93. The van der Waals surface area contributed by atoms with Gasteiger partial charge in [0.15, 0.2) is 0 Å². The first-order valence-corrected chi connectivity index (χ1v) is 5.01. The Labute approximate surface area is 96.2 Å². The van der Waals surface area contributed by atoms with Gasteiger partial charge in [-0.15, -0.1) is 0 Å². The molecule has 0 aliphatic carbocycles. The van der Waals surface area contributed by atoms with E-state index in [2.05, 4.69) is 9.72 Å². The van der Waals surface area contributed by atoms with Gasteiger partial charge in [0, 0.05) is 6.54 Å². The summed E-state index contributed by atoms with van der Waals surface area (Å²) >= 11 is 0. The zero-order chi connectivity index (χ0) is 13.0. The molecule has 8 nitrogen and oxygen atoms in total. The van der Waals surface area contributed by atoms with E-state index in [9.17, 15) is 14.4 Å². The first-order valence-electron chi connectivity index (χ1n) is 5.01. The van der Waals surface area contributed by atoms with Crippen molar-refractivity contribution in [3.8, 4) is 0 Å². The second kappa shape index (κ2) is 5.19. The van der Waals surface area contributed by atoms with E-state index < -0.39 is 17.2 Å². The Morgan fingerprint density at radius 2 is 2.06 bits per heavy atom. The highest BCUT2D eigenvalue weighted by Crippen LogP contribution is 1.99. The molecule has 0 bridgehead atoms. The van der Waals surface area contributed by atoms with Crippen molar-refractivity contribution < 1.29 is 9.53 Å². The molecule has 0 saturated carbocycles. The van der Waals surface area contributed by atoms with Gasteiger partial charge in [-0.2, -0.15) is 0 Å². The number of carbonyl (C=O) groups is 1. The normalized spacial score (nSPS) is 10.2. The molecule has 17 heavy (non-hydrogen) atoms. The SMILES string of the molecule is CCOC(=O)CCn1c(=O)[nH]c(N)c(N)c1=O. The van der Waals surface area contributed by atoms with E-state index in [1.54, 1.807) is 6.92 Å². The predicted molar refractivity (Wildman–Crippen MR) is 61.4 cm³/mol. The van der Waals surface area contributed by atoms with Gasteiger partial charge in [0.25, 0.3) is 5.56 Å². The van der Waals surface area contributed by atoms with Gasteiger partial charge in [-0.05, 0) is 6.92 Å². The average molecular weight is 242 g/mol. The highest BCUT2D eigenvalue weighted by atomic mass is 16.5. The maximum Gasteiger partial charge on any atom is 0.330 e. The van der Waals surface area contributed by atoms with Crippen LogP contribution in [0, 0.1) is 0 Å². The minimum Gasteiger partial charge on any atom is -0.466 e. The molecule has 1 aromatic rings. The van der Waals surface area contributed by atoms with E-state index in [0.717, 1.165) is 4.57 Å². The van der Waals surface area contributed by atoms with Crippen LogP contribution < -0.4 is 22.7 Å². The van der Waals surface area contributed by atoms with E-state index in [1.165, 1.54) is 0 Å². The Morgan fingerprint density at radius 1 is 1.41 bits per heavy atom. The smallest absolute Gasteiger partial charge is 0.330 e. The first kappa shape index (κ1) is 12.8. The number of aromatic amines is 1. The second-order valence-corrected chi connectivity index (χ2v) is 3.27. The molecule has 8 heteroatoms. The quantitative estimate of drug-likeness (QED) is 0.559. The third-order valence-corrected chi connectivity index (χ3v) is 2.10. The molecular formula is C9H14N4O4. The van der Waals surface area contributed by atoms with Gasteiger partial charge in [-0.3, -0.25) is 19.1 Å². The van der Waals surface area contributed by atoms with Crippen LogP contribution in [0.3, 0.4) is 0 Å². The van der Waals surface area contributed by atoms with E-state index in [0.29, 0.717) is 0 Å². The maximum atomic E-state index is 11.6. The molecule has 1 heterocycles. The van der Waals surface area contributed by atoms with E-state index in [1.807, 2.05) is 0 Å². The molecule has 1 aromatic heterocycles. The number of H-pyrrole nitrogens is 1. The van der Waals surface area contributed by atoms with Crippen LogP contribution in [0.15, 0.2) is 9.59 Å². The number of esters is 1. The van der Waals surface area contributed by atoms with Gasteiger partial charge in [-0.25, -0.2) is 4.79 Å². The van der Waals surface area contributed by atoms with Crippen LogP contribution in [-0.2, 0) is 16.1 Å². The molecule has 94 valence electrons. The molecule has 0 radical (unpaired) electrons. The van der Waals surface area contributed by atoms with Gasteiger partial charge in [-0.1, -0.05) is 0 Å². The Bertz CT molecular complexity index is 531. The van der Waals surface area contributed by atoms with Gasteiger partial charge in [0.1, 0.15) is 11.5 Å². The summed E-state index contributed by atoms with van der Waals surface area (Å²) in [7, 11) is 0. The highest BCUT2D eigenvalue weighted by Gasteiger charge is 2.10. The first-order chi connectivity index (χ1) is 7.97. The molecule has 0 unspecified atom stereocenters. The van der Waals surface area contributed by atoms with Crippen molar-refractivity contribution in [2.75, 3.05) is 18.1 Å².